The summed E-state index contributed by atoms with van der Waals surface area (Å²) >= 11 is 0. The standard InChI is InChI=1S/C21H19N5O3/c1-12-16(14-9-6-10-15(21(27)28)17(14)23-12)18-24-19(20(29-2)26-25-18)22-11-13-7-4-3-5-8-13/h3-10,23H,11H2,1-2H3,(H,27,28)(H,22,24,25). The highest BCUT2D eigenvalue weighted by atomic mass is 16.5. The van der Waals surface area contributed by atoms with Gasteiger partial charge in [0.25, 0.3) is 5.88 Å². The van der Waals surface area contributed by atoms with E-state index in [4.69, 9.17) is 4.74 Å². The molecule has 2 aromatic heterocycles. The van der Waals surface area contributed by atoms with Gasteiger partial charge in [0, 0.05) is 23.2 Å². The van der Waals surface area contributed by atoms with E-state index in [0.29, 0.717) is 29.3 Å². The number of carbonyl (C=O) groups is 1. The molecule has 29 heavy (non-hydrogen) atoms. The number of nitrogens with zero attached hydrogens (tertiary/aromatic N) is 3. The van der Waals surface area contributed by atoms with Gasteiger partial charge in [0.1, 0.15) is 0 Å². The Hall–Kier alpha value is -3.94. The minimum Gasteiger partial charge on any atom is -0.478 e. The summed E-state index contributed by atoms with van der Waals surface area (Å²) in [5, 5.41) is 21.8. The number of aromatic carboxylic acids is 1. The smallest absolute Gasteiger partial charge is 0.337 e. The first kappa shape index (κ1) is 18.4. The number of aromatic nitrogens is 4. The minimum absolute atomic E-state index is 0.195. The fourth-order valence-corrected chi connectivity index (χ4v) is 3.27. The van der Waals surface area contributed by atoms with Crippen LogP contribution in [0.25, 0.3) is 22.3 Å². The summed E-state index contributed by atoms with van der Waals surface area (Å²) < 4.78 is 5.29. The number of para-hydroxylation sites is 1. The molecule has 4 rings (SSSR count). The zero-order chi connectivity index (χ0) is 20.4. The number of ether oxygens (including phenoxy) is 1. The quantitative estimate of drug-likeness (QED) is 0.461. The Bertz CT molecular complexity index is 1190. The molecule has 0 aliphatic heterocycles. The van der Waals surface area contributed by atoms with Gasteiger partial charge < -0.3 is 20.1 Å². The lowest BCUT2D eigenvalue weighted by molar-refractivity contribution is 0.0699. The molecule has 4 aromatic rings. The van der Waals surface area contributed by atoms with Crippen LogP contribution in [-0.2, 0) is 6.54 Å². The summed E-state index contributed by atoms with van der Waals surface area (Å²) in [6.45, 7) is 2.40. The van der Waals surface area contributed by atoms with Crippen LogP contribution in [0.4, 0.5) is 5.82 Å². The van der Waals surface area contributed by atoms with Crippen LogP contribution < -0.4 is 10.1 Å². The second-order valence-corrected chi connectivity index (χ2v) is 6.49. The predicted molar refractivity (Wildman–Crippen MR) is 109 cm³/mol. The number of carboxylic acid groups (broad SMARTS) is 1. The van der Waals surface area contributed by atoms with Crippen LogP contribution in [0, 0.1) is 6.92 Å². The molecule has 146 valence electrons. The van der Waals surface area contributed by atoms with Crippen molar-refractivity contribution in [2.24, 2.45) is 0 Å². The monoisotopic (exact) mass is 389 g/mol. The zero-order valence-corrected chi connectivity index (χ0v) is 15.9. The number of anilines is 1. The molecule has 0 bridgehead atoms. The molecule has 8 heteroatoms. The molecule has 0 amide bonds. The number of rotatable bonds is 6. The highest BCUT2D eigenvalue weighted by Crippen LogP contribution is 2.33. The van der Waals surface area contributed by atoms with Gasteiger partial charge in [0.05, 0.1) is 18.2 Å². The molecular weight excluding hydrogens is 370 g/mol. The summed E-state index contributed by atoms with van der Waals surface area (Å²) in [6, 6.07) is 15.0. The van der Waals surface area contributed by atoms with E-state index in [1.807, 2.05) is 43.3 Å². The lowest BCUT2D eigenvalue weighted by Crippen LogP contribution is -2.07. The van der Waals surface area contributed by atoms with Crippen LogP contribution >= 0.6 is 0 Å². The molecule has 0 aliphatic rings. The fraction of sp³-hybridized carbons (Fsp3) is 0.143. The van der Waals surface area contributed by atoms with Crippen LogP contribution in [0.1, 0.15) is 21.6 Å². The van der Waals surface area contributed by atoms with Crippen molar-refractivity contribution < 1.29 is 14.6 Å². The van der Waals surface area contributed by atoms with Crippen molar-refractivity contribution in [3.05, 3.63) is 65.4 Å². The fourth-order valence-electron chi connectivity index (χ4n) is 3.27. The Labute approximate surface area is 166 Å². The average molecular weight is 389 g/mol. The van der Waals surface area contributed by atoms with Crippen molar-refractivity contribution in [1.29, 1.82) is 0 Å². The third kappa shape index (κ3) is 3.47. The largest absolute Gasteiger partial charge is 0.478 e. The minimum atomic E-state index is -0.998. The zero-order valence-electron chi connectivity index (χ0n) is 15.9. The van der Waals surface area contributed by atoms with Crippen molar-refractivity contribution in [1.82, 2.24) is 20.2 Å². The van der Waals surface area contributed by atoms with Crippen molar-refractivity contribution >= 4 is 22.7 Å². The van der Waals surface area contributed by atoms with E-state index in [1.165, 1.54) is 7.11 Å². The summed E-state index contributed by atoms with van der Waals surface area (Å²) in [4.78, 5) is 19.3. The van der Waals surface area contributed by atoms with E-state index in [1.54, 1.807) is 12.1 Å². The molecule has 0 fully saturated rings. The molecule has 0 aliphatic carbocycles. The summed E-state index contributed by atoms with van der Waals surface area (Å²) in [6.07, 6.45) is 0. The Morgan fingerprint density at radius 2 is 1.93 bits per heavy atom. The maximum absolute atomic E-state index is 11.5. The van der Waals surface area contributed by atoms with Crippen molar-refractivity contribution in [3.63, 3.8) is 0 Å². The highest BCUT2D eigenvalue weighted by molar-refractivity contribution is 6.07. The van der Waals surface area contributed by atoms with Gasteiger partial charge in [0.2, 0.25) is 0 Å². The first-order valence-electron chi connectivity index (χ1n) is 9.00. The van der Waals surface area contributed by atoms with E-state index in [-0.39, 0.29) is 11.4 Å². The molecule has 0 saturated carbocycles. The molecule has 0 atom stereocenters. The first-order valence-corrected chi connectivity index (χ1v) is 9.00. The van der Waals surface area contributed by atoms with Gasteiger partial charge >= 0.3 is 5.97 Å². The van der Waals surface area contributed by atoms with Crippen LogP contribution in [0.15, 0.2) is 48.5 Å². The number of aromatic amines is 1. The Morgan fingerprint density at radius 3 is 2.66 bits per heavy atom. The van der Waals surface area contributed by atoms with E-state index < -0.39 is 5.97 Å². The van der Waals surface area contributed by atoms with Gasteiger partial charge in [0.15, 0.2) is 11.6 Å². The molecule has 8 nitrogen and oxygen atoms in total. The Balaban J connectivity index is 1.77. The lowest BCUT2D eigenvalue weighted by Gasteiger charge is -2.10. The van der Waals surface area contributed by atoms with Crippen molar-refractivity contribution in [2.45, 2.75) is 13.5 Å². The molecule has 3 N–H and O–H groups in total. The number of benzene rings is 2. The number of fused-ring (bicyclic) bond motifs is 1. The lowest BCUT2D eigenvalue weighted by atomic mass is 10.1. The van der Waals surface area contributed by atoms with Crippen molar-refractivity contribution in [2.75, 3.05) is 12.4 Å². The van der Waals surface area contributed by atoms with Gasteiger partial charge in [-0.05, 0) is 18.6 Å². The number of hydrogen-bond donors (Lipinski definition) is 3. The van der Waals surface area contributed by atoms with Gasteiger partial charge in [-0.25, -0.2) is 9.78 Å². The summed E-state index contributed by atoms with van der Waals surface area (Å²) in [5.74, 6) is 0.132. The normalized spacial score (nSPS) is 10.8. The number of methoxy groups -OCH3 is 1. The van der Waals surface area contributed by atoms with Crippen LogP contribution in [0.2, 0.25) is 0 Å². The molecule has 0 unspecified atom stereocenters. The number of aryl methyl sites for hydroxylation is 1. The molecule has 2 heterocycles. The second kappa shape index (κ2) is 7.59. The highest BCUT2D eigenvalue weighted by Gasteiger charge is 2.20. The first-order chi connectivity index (χ1) is 14.1. The summed E-state index contributed by atoms with van der Waals surface area (Å²) in [5.41, 5.74) is 3.28. The van der Waals surface area contributed by atoms with E-state index >= 15 is 0 Å². The average Bonchev–Trinajstić information content (AvgIpc) is 3.08. The van der Waals surface area contributed by atoms with Gasteiger partial charge in [-0.15, -0.1) is 10.2 Å². The van der Waals surface area contributed by atoms with E-state index in [2.05, 4.69) is 25.5 Å². The molecule has 2 aromatic carbocycles. The van der Waals surface area contributed by atoms with Crippen LogP contribution in [-0.4, -0.2) is 38.4 Å². The van der Waals surface area contributed by atoms with Crippen molar-refractivity contribution in [3.8, 4) is 17.3 Å². The maximum Gasteiger partial charge on any atom is 0.337 e. The molecule has 0 saturated heterocycles. The maximum atomic E-state index is 11.5. The Kier molecular flexibility index (Phi) is 4.82. The topological polar surface area (TPSA) is 113 Å². The molecule has 0 spiro atoms. The summed E-state index contributed by atoms with van der Waals surface area (Å²) in [7, 11) is 1.51. The third-order valence-corrected chi connectivity index (χ3v) is 4.63. The number of H-pyrrole nitrogens is 1. The van der Waals surface area contributed by atoms with E-state index in [0.717, 1.165) is 16.6 Å². The predicted octanol–water partition coefficient (Wildman–Crippen LogP) is 3.65. The number of carboxylic acids is 1. The van der Waals surface area contributed by atoms with Gasteiger partial charge in [-0.3, -0.25) is 0 Å². The molecule has 0 radical (unpaired) electrons. The number of hydrogen-bond acceptors (Lipinski definition) is 6. The SMILES string of the molecule is COc1nnc(-c2c(C)[nH]c3c(C(=O)O)cccc23)nc1NCc1ccccc1. The van der Waals surface area contributed by atoms with Crippen LogP contribution in [0.5, 0.6) is 5.88 Å². The third-order valence-electron chi connectivity index (χ3n) is 4.63. The van der Waals surface area contributed by atoms with Gasteiger partial charge in [-0.1, -0.05) is 42.5 Å². The van der Waals surface area contributed by atoms with Gasteiger partial charge in [-0.2, -0.15) is 0 Å². The Morgan fingerprint density at radius 1 is 1.14 bits per heavy atom. The van der Waals surface area contributed by atoms with E-state index in [9.17, 15) is 9.90 Å². The van der Waals surface area contributed by atoms with Crippen LogP contribution in [0.3, 0.4) is 0 Å². The number of nitrogens with one attached hydrogen (secondary N) is 2. The second-order valence-electron chi connectivity index (χ2n) is 6.49. The molecular formula is C21H19N5O3.